The van der Waals surface area contributed by atoms with Gasteiger partial charge in [-0.2, -0.15) is 0 Å². The number of para-hydroxylation sites is 2. The molecule has 1 N–H and O–H groups in total. The van der Waals surface area contributed by atoms with Gasteiger partial charge < -0.3 is 10.2 Å². The molecule has 0 unspecified atom stereocenters. The first-order valence-corrected chi connectivity index (χ1v) is 6.81. The SMILES string of the molecule is CN(C)c1ccccc1NCCc1ccc([N+](=O)[O-])cc1. The van der Waals surface area contributed by atoms with Crippen molar-refractivity contribution >= 4 is 17.1 Å². The summed E-state index contributed by atoms with van der Waals surface area (Å²) in [6.45, 7) is 0.780. The summed E-state index contributed by atoms with van der Waals surface area (Å²) in [5.74, 6) is 0. The zero-order valence-electron chi connectivity index (χ0n) is 12.2. The van der Waals surface area contributed by atoms with Crippen LogP contribution in [0.5, 0.6) is 0 Å². The number of nitro benzene ring substituents is 1. The van der Waals surface area contributed by atoms with E-state index in [4.69, 9.17) is 0 Å². The first-order chi connectivity index (χ1) is 10.1. The normalized spacial score (nSPS) is 10.2. The molecule has 0 aliphatic rings. The molecule has 0 saturated carbocycles. The smallest absolute Gasteiger partial charge is 0.269 e. The van der Waals surface area contributed by atoms with Crippen LogP contribution in [0.15, 0.2) is 48.5 Å². The number of nitro groups is 1. The Morgan fingerprint density at radius 3 is 2.38 bits per heavy atom. The van der Waals surface area contributed by atoms with Crippen LogP contribution in [0.25, 0.3) is 0 Å². The number of non-ortho nitro benzene ring substituents is 1. The lowest BCUT2D eigenvalue weighted by atomic mass is 10.1. The summed E-state index contributed by atoms with van der Waals surface area (Å²) in [5.41, 5.74) is 3.44. The molecule has 0 aliphatic heterocycles. The van der Waals surface area contributed by atoms with Crippen LogP contribution in [0.1, 0.15) is 5.56 Å². The fourth-order valence-corrected chi connectivity index (χ4v) is 2.14. The maximum atomic E-state index is 10.6. The maximum absolute atomic E-state index is 10.6. The quantitative estimate of drug-likeness (QED) is 0.653. The maximum Gasteiger partial charge on any atom is 0.269 e. The second-order valence-corrected chi connectivity index (χ2v) is 5.01. The van der Waals surface area contributed by atoms with Crippen molar-refractivity contribution in [3.63, 3.8) is 0 Å². The van der Waals surface area contributed by atoms with E-state index >= 15 is 0 Å². The Morgan fingerprint density at radius 2 is 1.76 bits per heavy atom. The molecule has 0 spiro atoms. The summed E-state index contributed by atoms with van der Waals surface area (Å²) in [6, 6.07) is 14.8. The van der Waals surface area contributed by atoms with Gasteiger partial charge in [-0.15, -0.1) is 0 Å². The van der Waals surface area contributed by atoms with Gasteiger partial charge in [0.15, 0.2) is 0 Å². The molecule has 2 rings (SSSR count). The van der Waals surface area contributed by atoms with Crippen LogP contribution in [0, 0.1) is 10.1 Å². The van der Waals surface area contributed by atoms with Crippen molar-refractivity contribution in [2.75, 3.05) is 30.9 Å². The lowest BCUT2D eigenvalue weighted by Crippen LogP contribution is -2.13. The summed E-state index contributed by atoms with van der Waals surface area (Å²) in [4.78, 5) is 12.3. The van der Waals surface area contributed by atoms with E-state index in [-0.39, 0.29) is 10.6 Å². The molecular formula is C16H19N3O2. The largest absolute Gasteiger partial charge is 0.383 e. The van der Waals surface area contributed by atoms with Crippen molar-refractivity contribution in [1.82, 2.24) is 0 Å². The molecule has 0 amide bonds. The van der Waals surface area contributed by atoms with Crippen LogP contribution in [0.4, 0.5) is 17.1 Å². The van der Waals surface area contributed by atoms with E-state index in [1.807, 2.05) is 32.3 Å². The minimum Gasteiger partial charge on any atom is -0.383 e. The van der Waals surface area contributed by atoms with E-state index in [0.29, 0.717) is 0 Å². The lowest BCUT2D eigenvalue weighted by Gasteiger charge is -2.18. The lowest BCUT2D eigenvalue weighted by molar-refractivity contribution is -0.384. The van der Waals surface area contributed by atoms with Crippen LogP contribution in [-0.4, -0.2) is 25.6 Å². The topological polar surface area (TPSA) is 58.4 Å². The summed E-state index contributed by atoms with van der Waals surface area (Å²) >= 11 is 0. The van der Waals surface area contributed by atoms with Crippen LogP contribution in [-0.2, 0) is 6.42 Å². The van der Waals surface area contributed by atoms with Crippen molar-refractivity contribution in [3.8, 4) is 0 Å². The van der Waals surface area contributed by atoms with Gasteiger partial charge in [0, 0.05) is 32.8 Å². The molecule has 21 heavy (non-hydrogen) atoms. The van der Waals surface area contributed by atoms with Crippen molar-refractivity contribution in [3.05, 3.63) is 64.2 Å². The number of anilines is 2. The van der Waals surface area contributed by atoms with Gasteiger partial charge in [0.25, 0.3) is 5.69 Å². The second-order valence-electron chi connectivity index (χ2n) is 5.01. The molecule has 0 saturated heterocycles. The molecule has 5 nitrogen and oxygen atoms in total. The van der Waals surface area contributed by atoms with Gasteiger partial charge >= 0.3 is 0 Å². The molecule has 0 atom stereocenters. The zero-order valence-corrected chi connectivity index (χ0v) is 12.2. The number of benzene rings is 2. The van der Waals surface area contributed by atoms with E-state index in [1.54, 1.807) is 24.3 Å². The Kier molecular flexibility index (Phi) is 4.77. The Hall–Kier alpha value is -2.56. The standard InChI is InChI=1S/C16H19N3O2/c1-18(2)16-6-4-3-5-15(16)17-12-11-13-7-9-14(10-8-13)19(20)21/h3-10,17H,11-12H2,1-2H3. The highest BCUT2D eigenvalue weighted by Gasteiger charge is 2.05. The molecule has 2 aromatic carbocycles. The highest BCUT2D eigenvalue weighted by molar-refractivity contribution is 5.69. The average Bonchev–Trinajstić information content (AvgIpc) is 2.48. The van der Waals surface area contributed by atoms with Gasteiger partial charge in [0.1, 0.15) is 0 Å². The number of hydrogen-bond acceptors (Lipinski definition) is 4. The first kappa shape index (κ1) is 14.8. The minimum atomic E-state index is -0.380. The van der Waals surface area contributed by atoms with Crippen LogP contribution in [0.2, 0.25) is 0 Å². The first-order valence-electron chi connectivity index (χ1n) is 6.81. The number of nitrogens with zero attached hydrogens (tertiary/aromatic N) is 2. The van der Waals surface area contributed by atoms with Gasteiger partial charge in [-0.05, 0) is 24.1 Å². The van der Waals surface area contributed by atoms with Crippen molar-refractivity contribution in [1.29, 1.82) is 0 Å². The number of hydrogen-bond donors (Lipinski definition) is 1. The van der Waals surface area contributed by atoms with E-state index < -0.39 is 0 Å². The zero-order chi connectivity index (χ0) is 15.2. The fraction of sp³-hybridized carbons (Fsp3) is 0.250. The predicted molar refractivity (Wildman–Crippen MR) is 86.1 cm³/mol. The molecule has 0 aromatic heterocycles. The van der Waals surface area contributed by atoms with Gasteiger partial charge in [-0.1, -0.05) is 24.3 Å². The van der Waals surface area contributed by atoms with E-state index in [2.05, 4.69) is 16.3 Å². The summed E-state index contributed by atoms with van der Waals surface area (Å²) in [5, 5.41) is 14.0. The van der Waals surface area contributed by atoms with Crippen LogP contribution >= 0.6 is 0 Å². The van der Waals surface area contributed by atoms with Crippen LogP contribution < -0.4 is 10.2 Å². The second kappa shape index (κ2) is 6.74. The third-order valence-corrected chi connectivity index (χ3v) is 3.26. The molecule has 110 valence electrons. The molecule has 0 bridgehead atoms. The van der Waals surface area contributed by atoms with Crippen LogP contribution in [0.3, 0.4) is 0 Å². The third kappa shape index (κ3) is 3.95. The molecule has 5 heteroatoms. The summed E-state index contributed by atoms with van der Waals surface area (Å²) in [6.07, 6.45) is 0.819. The Bertz CT molecular complexity index is 609. The van der Waals surface area contributed by atoms with Crippen molar-refractivity contribution < 1.29 is 4.92 Å². The van der Waals surface area contributed by atoms with Gasteiger partial charge in [-0.3, -0.25) is 10.1 Å². The number of nitrogens with one attached hydrogen (secondary N) is 1. The highest BCUT2D eigenvalue weighted by Crippen LogP contribution is 2.23. The van der Waals surface area contributed by atoms with E-state index in [1.165, 1.54) is 0 Å². The molecule has 0 fully saturated rings. The molecule has 2 aromatic rings. The highest BCUT2D eigenvalue weighted by atomic mass is 16.6. The molecular weight excluding hydrogens is 266 g/mol. The van der Waals surface area contributed by atoms with Gasteiger partial charge in [0.05, 0.1) is 16.3 Å². The average molecular weight is 285 g/mol. The number of rotatable bonds is 6. The summed E-state index contributed by atoms with van der Waals surface area (Å²) in [7, 11) is 4.02. The van der Waals surface area contributed by atoms with Crippen molar-refractivity contribution in [2.45, 2.75) is 6.42 Å². The minimum absolute atomic E-state index is 0.129. The van der Waals surface area contributed by atoms with E-state index in [9.17, 15) is 10.1 Å². The Balaban J connectivity index is 1.94. The predicted octanol–water partition coefficient (Wildman–Crippen LogP) is 3.32. The van der Waals surface area contributed by atoms with Crippen molar-refractivity contribution in [2.24, 2.45) is 0 Å². The van der Waals surface area contributed by atoms with E-state index in [0.717, 1.165) is 29.9 Å². The van der Waals surface area contributed by atoms with Gasteiger partial charge in [-0.25, -0.2) is 0 Å². The third-order valence-electron chi connectivity index (χ3n) is 3.26. The molecule has 0 heterocycles. The Morgan fingerprint density at radius 1 is 1.10 bits per heavy atom. The molecule has 0 aliphatic carbocycles. The molecule has 0 radical (unpaired) electrons. The monoisotopic (exact) mass is 285 g/mol. The van der Waals surface area contributed by atoms with Gasteiger partial charge in [0.2, 0.25) is 0 Å². The Labute approximate surface area is 124 Å². The fourth-order valence-electron chi connectivity index (χ4n) is 2.14. The summed E-state index contributed by atoms with van der Waals surface area (Å²) < 4.78 is 0.